The van der Waals surface area contributed by atoms with Crippen LogP contribution in [0.5, 0.6) is 0 Å². The van der Waals surface area contributed by atoms with Crippen LogP contribution in [0.3, 0.4) is 0 Å². The van der Waals surface area contributed by atoms with Crippen LogP contribution >= 0.6 is 0 Å². The molecule has 84 valence electrons. The van der Waals surface area contributed by atoms with Gasteiger partial charge in [0.05, 0.1) is 6.61 Å². The first-order valence-electron chi connectivity index (χ1n) is 5.41. The third-order valence-corrected chi connectivity index (χ3v) is 2.71. The van der Waals surface area contributed by atoms with Crippen molar-refractivity contribution < 1.29 is 9.53 Å². The zero-order chi connectivity index (χ0) is 11.4. The van der Waals surface area contributed by atoms with Gasteiger partial charge < -0.3 is 10.5 Å². The number of anilines is 1. The van der Waals surface area contributed by atoms with Crippen molar-refractivity contribution in [3.8, 4) is 0 Å². The SMILES string of the molecule is Nc1ccc(/C=C/C(=O)C2CCOC2)cc1. The number of ketones is 1. The molecule has 1 aliphatic rings. The maximum Gasteiger partial charge on any atom is 0.161 e. The monoisotopic (exact) mass is 217 g/mol. The normalized spacial score (nSPS) is 20.4. The third-order valence-electron chi connectivity index (χ3n) is 2.71. The van der Waals surface area contributed by atoms with E-state index in [1.807, 2.05) is 30.3 Å². The van der Waals surface area contributed by atoms with Gasteiger partial charge in [0.2, 0.25) is 0 Å². The average molecular weight is 217 g/mol. The molecule has 3 nitrogen and oxygen atoms in total. The van der Waals surface area contributed by atoms with Gasteiger partial charge in [0.15, 0.2) is 5.78 Å². The maximum atomic E-state index is 11.7. The molecule has 16 heavy (non-hydrogen) atoms. The summed E-state index contributed by atoms with van der Waals surface area (Å²) in [5, 5.41) is 0. The first-order chi connectivity index (χ1) is 7.75. The predicted molar refractivity (Wildman–Crippen MR) is 63.8 cm³/mol. The van der Waals surface area contributed by atoms with E-state index in [2.05, 4.69) is 0 Å². The quantitative estimate of drug-likeness (QED) is 0.621. The summed E-state index contributed by atoms with van der Waals surface area (Å²) in [6, 6.07) is 7.43. The highest BCUT2D eigenvalue weighted by atomic mass is 16.5. The van der Waals surface area contributed by atoms with Crippen molar-refractivity contribution in [2.45, 2.75) is 6.42 Å². The summed E-state index contributed by atoms with van der Waals surface area (Å²) in [5.74, 6) is 0.194. The minimum absolute atomic E-state index is 0.0463. The molecule has 1 aromatic rings. The third kappa shape index (κ3) is 2.70. The zero-order valence-electron chi connectivity index (χ0n) is 9.06. The van der Waals surface area contributed by atoms with Gasteiger partial charge in [-0.15, -0.1) is 0 Å². The molecule has 3 heteroatoms. The Morgan fingerprint density at radius 1 is 1.38 bits per heavy atom. The lowest BCUT2D eigenvalue weighted by molar-refractivity contribution is -0.118. The lowest BCUT2D eigenvalue weighted by Gasteiger charge is -2.00. The van der Waals surface area contributed by atoms with Gasteiger partial charge in [-0.3, -0.25) is 4.79 Å². The summed E-state index contributed by atoms with van der Waals surface area (Å²) >= 11 is 0. The van der Waals surface area contributed by atoms with E-state index in [1.165, 1.54) is 0 Å². The molecule has 2 rings (SSSR count). The van der Waals surface area contributed by atoms with Crippen molar-refractivity contribution in [3.05, 3.63) is 35.9 Å². The van der Waals surface area contributed by atoms with Crippen molar-refractivity contribution in [2.24, 2.45) is 5.92 Å². The highest BCUT2D eigenvalue weighted by Crippen LogP contribution is 2.15. The Hall–Kier alpha value is -1.61. The maximum absolute atomic E-state index is 11.7. The van der Waals surface area contributed by atoms with Crippen LogP contribution < -0.4 is 5.73 Å². The number of nitrogen functional groups attached to an aromatic ring is 1. The van der Waals surface area contributed by atoms with Gasteiger partial charge in [-0.05, 0) is 30.2 Å². The lowest BCUT2D eigenvalue weighted by atomic mass is 10.0. The van der Waals surface area contributed by atoms with Crippen LogP contribution in [-0.4, -0.2) is 19.0 Å². The summed E-state index contributed by atoms with van der Waals surface area (Å²) in [5.41, 5.74) is 7.29. The Morgan fingerprint density at radius 3 is 2.75 bits per heavy atom. The summed E-state index contributed by atoms with van der Waals surface area (Å²) in [6.07, 6.45) is 4.29. The second-order valence-corrected chi connectivity index (χ2v) is 3.96. The molecule has 0 aromatic heterocycles. The van der Waals surface area contributed by atoms with E-state index in [4.69, 9.17) is 10.5 Å². The molecule has 0 spiro atoms. The van der Waals surface area contributed by atoms with E-state index in [-0.39, 0.29) is 11.7 Å². The van der Waals surface area contributed by atoms with E-state index in [1.54, 1.807) is 6.08 Å². The van der Waals surface area contributed by atoms with Gasteiger partial charge in [0.1, 0.15) is 0 Å². The van der Waals surface area contributed by atoms with Crippen LogP contribution in [0, 0.1) is 5.92 Å². The average Bonchev–Trinajstić information content (AvgIpc) is 2.81. The van der Waals surface area contributed by atoms with Crippen LogP contribution in [0.4, 0.5) is 5.69 Å². The first kappa shape index (κ1) is 10.9. The smallest absolute Gasteiger partial charge is 0.161 e. The molecule has 0 radical (unpaired) electrons. The molecule has 1 heterocycles. The minimum Gasteiger partial charge on any atom is -0.399 e. The van der Waals surface area contributed by atoms with Gasteiger partial charge in [-0.1, -0.05) is 18.2 Å². The van der Waals surface area contributed by atoms with E-state index in [9.17, 15) is 4.79 Å². The van der Waals surface area contributed by atoms with Gasteiger partial charge in [0, 0.05) is 18.2 Å². The molecule has 0 amide bonds. The van der Waals surface area contributed by atoms with E-state index in [0.29, 0.717) is 13.2 Å². The van der Waals surface area contributed by atoms with Crippen LogP contribution in [-0.2, 0) is 9.53 Å². The molecule has 1 fully saturated rings. The van der Waals surface area contributed by atoms with Gasteiger partial charge in [-0.2, -0.15) is 0 Å². The standard InChI is InChI=1S/C13H15NO2/c14-12-4-1-10(2-5-12)3-6-13(15)11-7-8-16-9-11/h1-6,11H,7-9,14H2/b6-3+. The van der Waals surface area contributed by atoms with Crippen LogP contribution in [0.25, 0.3) is 6.08 Å². The van der Waals surface area contributed by atoms with Crippen molar-refractivity contribution in [3.63, 3.8) is 0 Å². The number of nitrogens with two attached hydrogens (primary N) is 1. The number of hydrogen-bond donors (Lipinski definition) is 1. The van der Waals surface area contributed by atoms with Crippen molar-refractivity contribution in [1.29, 1.82) is 0 Å². The Balaban J connectivity index is 1.97. The fourth-order valence-electron chi connectivity index (χ4n) is 1.68. The highest BCUT2D eigenvalue weighted by Gasteiger charge is 2.20. The molecule has 1 aromatic carbocycles. The number of allylic oxidation sites excluding steroid dienone is 1. The molecule has 1 saturated heterocycles. The number of carbonyl (C=O) groups excluding carboxylic acids is 1. The Morgan fingerprint density at radius 2 is 2.12 bits per heavy atom. The molecule has 1 unspecified atom stereocenters. The number of hydrogen-bond acceptors (Lipinski definition) is 3. The van der Waals surface area contributed by atoms with Gasteiger partial charge in [0.25, 0.3) is 0 Å². The summed E-state index contributed by atoms with van der Waals surface area (Å²) in [7, 11) is 0. The minimum atomic E-state index is 0.0463. The topological polar surface area (TPSA) is 52.3 Å². The van der Waals surface area contributed by atoms with Crippen molar-refractivity contribution in [1.82, 2.24) is 0 Å². The number of ether oxygens (including phenoxy) is 1. The molecular formula is C13H15NO2. The fourth-order valence-corrected chi connectivity index (χ4v) is 1.68. The Labute approximate surface area is 94.9 Å². The predicted octanol–water partition coefficient (Wildman–Crippen LogP) is 1.89. The van der Waals surface area contributed by atoms with Crippen LogP contribution in [0.2, 0.25) is 0 Å². The summed E-state index contributed by atoms with van der Waals surface area (Å²) in [6.45, 7) is 1.26. The second-order valence-electron chi connectivity index (χ2n) is 3.96. The molecule has 2 N–H and O–H groups in total. The lowest BCUT2D eigenvalue weighted by Crippen LogP contribution is -2.10. The molecule has 0 bridgehead atoms. The van der Waals surface area contributed by atoms with E-state index in [0.717, 1.165) is 17.7 Å². The van der Waals surface area contributed by atoms with Crippen molar-refractivity contribution >= 4 is 17.5 Å². The highest BCUT2D eigenvalue weighted by molar-refractivity contribution is 5.95. The van der Waals surface area contributed by atoms with E-state index < -0.39 is 0 Å². The molecule has 1 atom stereocenters. The van der Waals surface area contributed by atoms with Crippen LogP contribution in [0.15, 0.2) is 30.3 Å². The largest absolute Gasteiger partial charge is 0.399 e. The number of carbonyl (C=O) groups is 1. The van der Waals surface area contributed by atoms with E-state index >= 15 is 0 Å². The molecule has 0 aliphatic carbocycles. The molecule has 1 aliphatic heterocycles. The number of benzene rings is 1. The number of rotatable bonds is 3. The van der Waals surface area contributed by atoms with Gasteiger partial charge >= 0.3 is 0 Å². The summed E-state index contributed by atoms with van der Waals surface area (Å²) in [4.78, 5) is 11.7. The Bertz CT molecular complexity index is 389. The summed E-state index contributed by atoms with van der Waals surface area (Å²) < 4.78 is 5.17. The van der Waals surface area contributed by atoms with Crippen molar-refractivity contribution in [2.75, 3.05) is 18.9 Å². The fraction of sp³-hybridized carbons (Fsp3) is 0.308. The zero-order valence-corrected chi connectivity index (χ0v) is 9.06. The van der Waals surface area contributed by atoms with Crippen LogP contribution in [0.1, 0.15) is 12.0 Å². The molecular weight excluding hydrogens is 202 g/mol. The Kier molecular flexibility index (Phi) is 3.37. The second kappa shape index (κ2) is 4.94. The molecule has 0 saturated carbocycles. The first-order valence-corrected chi connectivity index (χ1v) is 5.41. The van der Waals surface area contributed by atoms with Gasteiger partial charge in [-0.25, -0.2) is 0 Å².